The fourth-order valence-electron chi connectivity index (χ4n) is 2.91. The van der Waals surface area contributed by atoms with Crippen molar-refractivity contribution in [2.75, 3.05) is 32.7 Å². The van der Waals surface area contributed by atoms with Crippen LogP contribution in [0.4, 0.5) is 0 Å². The number of rotatable bonds is 19. The lowest BCUT2D eigenvalue weighted by atomic mass is 10.1. The molecule has 0 aliphatic carbocycles. The normalized spacial score (nSPS) is 12.2. The second kappa shape index (κ2) is 18.1. The van der Waals surface area contributed by atoms with Crippen LogP contribution in [0.3, 0.4) is 0 Å². The molecule has 11 N–H and O–H groups in total. The number of carbonyl (C=O) groups excluding carboxylic acids is 6. The largest absolute Gasteiger partial charge is 0.368 e. The van der Waals surface area contributed by atoms with Crippen LogP contribution in [0.5, 0.6) is 0 Å². The molecule has 2 unspecified atom stereocenters. The Balaban J connectivity index is 4.58. The predicted octanol–water partition coefficient (Wildman–Crippen LogP) is -3.46. The van der Waals surface area contributed by atoms with Crippen LogP contribution in [-0.2, 0) is 28.8 Å². The third-order valence-electron chi connectivity index (χ3n) is 4.99. The van der Waals surface area contributed by atoms with E-state index in [2.05, 4.69) is 16.0 Å². The standard InChI is InChI=1S/C21H40N8O6/c1-14(30)26-11-8-19(33)29(12-17(31)27-9-4-2-6-15(22)20(24)34)13-18(32)28-10-5-3-7-16(23)21(25)35/h15-16H,2-13,22-23H2,1H3,(H2,24,34)(H2,25,35)(H,26,30)(H,27,31)(H,28,32). The van der Waals surface area contributed by atoms with Crippen LogP contribution in [0.25, 0.3) is 0 Å². The first-order valence-electron chi connectivity index (χ1n) is 11.6. The molecule has 0 saturated heterocycles. The van der Waals surface area contributed by atoms with Crippen molar-refractivity contribution in [2.24, 2.45) is 22.9 Å². The second-order valence-electron chi connectivity index (χ2n) is 8.19. The Hall–Kier alpha value is -3.26. The van der Waals surface area contributed by atoms with Crippen molar-refractivity contribution in [2.45, 2.75) is 64.0 Å². The number of nitrogens with one attached hydrogen (secondary N) is 3. The zero-order chi connectivity index (χ0) is 26.8. The Morgan fingerprint density at radius 3 is 1.49 bits per heavy atom. The van der Waals surface area contributed by atoms with Crippen molar-refractivity contribution >= 4 is 35.4 Å². The number of hydrogen-bond donors (Lipinski definition) is 7. The zero-order valence-corrected chi connectivity index (χ0v) is 20.3. The molecule has 0 radical (unpaired) electrons. The molecule has 14 heteroatoms. The van der Waals surface area contributed by atoms with E-state index in [0.29, 0.717) is 51.6 Å². The summed E-state index contributed by atoms with van der Waals surface area (Å²) in [6, 6.07) is -1.47. The maximum Gasteiger partial charge on any atom is 0.239 e. The van der Waals surface area contributed by atoms with Gasteiger partial charge in [-0.25, -0.2) is 0 Å². The van der Waals surface area contributed by atoms with Crippen LogP contribution in [0.15, 0.2) is 0 Å². The second-order valence-corrected chi connectivity index (χ2v) is 8.19. The van der Waals surface area contributed by atoms with Gasteiger partial charge < -0.3 is 43.8 Å². The van der Waals surface area contributed by atoms with Gasteiger partial charge in [-0.2, -0.15) is 0 Å². The maximum atomic E-state index is 12.5. The highest BCUT2D eigenvalue weighted by Crippen LogP contribution is 2.00. The minimum absolute atomic E-state index is 0.0733. The average Bonchev–Trinajstić information content (AvgIpc) is 2.77. The molecule has 0 saturated carbocycles. The first-order valence-corrected chi connectivity index (χ1v) is 11.6. The molecule has 6 amide bonds. The summed E-state index contributed by atoms with van der Waals surface area (Å²) in [6.45, 7) is 1.33. The van der Waals surface area contributed by atoms with Gasteiger partial charge in [-0.3, -0.25) is 28.8 Å². The van der Waals surface area contributed by atoms with Gasteiger partial charge in [0.05, 0.1) is 12.1 Å². The van der Waals surface area contributed by atoms with Crippen LogP contribution in [0, 0.1) is 0 Å². The quantitative estimate of drug-likeness (QED) is 0.0876. The molecule has 0 aromatic rings. The molecule has 14 nitrogen and oxygen atoms in total. The fourth-order valence-corrected chi connectivity index (χ4v) is 2.91. The molecule has 0 aromatic carbocycles. The van der Waals surface area contributed by atoms with Crippen molar-refractivity contribution in [1.29, 1.82) is 0 Å². The van der Waals surface area contributed by atoms with Crippen LogP contribution < -0.4 is 38.9 Å². The lowest BCUT2D eigenvalue weighted by Gasteiger charge is -2.22. The van der Waals surface area contributed by atoms with Crippen molar-refractivity contribution in [3.8, 4) is 0 Å². The molecule has 0 aliphatic rings. The molecule has 2 atom stereocenters. The number of nitrogens with two attached hydrogens (primary N) is 4. The number of carbonyl (C=O) groups is 6. The van der Waals surface area contributed by atoms with Gasteiger partial charge >= 0.3 is 0 Å². The number of unbranched alkanes of at least 4 members (excludes halogenated alkanes) is 2. The highest BCUT2D eigenvalue weighted by atomic mass is 16.2. The fraction of sp³-hybridized carbons (Fsp3) is 0.714. The first-order chi connectivity index (χ1) is 16.4. The van der Waals surface area contributed by atoms with Gasteiger partial charge in [0.25, 0.3) is 0 Å². The Bertz CT molecular complexity index is 689. The van der Waals surface area contributed by atoms with Crippen molar-refractivity contribution in [1.82, 2.24) is 20.9 Å². The smallest absolute Gasteiger partial charge is 0.239 e. The Morgan fingerprint density at radius 1 is 0.686 bits per heavy atom. The van der Waals surface area contributed by atoms with E-state index in [1.54, 1.807) is 0 Å². The predicted molar refractivity (Wildman–Crippen MR) is 128 cm³/mol. The van der Waals surface area contributed by atoms with Gasteiger partial charge in [-0.05, 0) is 38.5 Å². The molecule has 0 heterocycles. The van der Waals surface area contributed by atoms with E-state index >= 15 is 0 Å². The third kappa shape index (κ3) is 16.9. The van der Waals surface area contributed by atoms with Crippen LogP contribution in [0.2, 0.25) is 0 Å². The van der Waals surface area contributed by atoms with E-state index in [1.165, 1.54) is 6.92 Å². The van der Waals surface area contributed by atoms with E-state index in [4.69, 9.17) is 22.9 Å². The molecule has 0 spiro atoms. The molecule has 0 aliphatic heterocycles. The van der Waals surface area contributed by atoms with Crippen molar-refractivity contribution < 1.29 is 28.8 Å². The summed E-state index contributed by atoms with van der Waals surface area (Å²) in [7, 11) is 0. The molecule has 0 fully saturated rings. The highest BCUT2D eigenvalue weighted by Gasteiger charge is 2.20. The van der Waals surface area contributed by atoms with Crippen LogP contribution >= 0.6 is 0 Å². The third-order valence-corrected chi connectivity index (χ3v) is 4.99. The summed E-state index contributed by atoms with van der Waals surface area (Å²) >= 11 is 0. The lowest BCUT2D eigenvalue weighted by molar-refractivity contribution is -0.139. The van der Waals surface area contributed by atoms with Crippen molar-refractivity contribution in [3.63, 3.8) is 0 Å². The zero-order valence-electron chi connectivity index (χ0n) is 20.3. The van der Waals surface area contributed by atoms with Crippen molar-refractivity contribution in [3.05, 3.63) is 0 Å². The summed E-state index contributed by atoms with van der Waals surface area (Å²) in [4.78, 5) is 71.1. The first kappa shape index (κ1) is 31.7. The highest BCUT2D eigenvalue weighted by molar-refractivity contribution is 5.89. The number of nitrogens with zero attached hydrogens (tertiary/aromatic N) is 1. The topological polar surface area (TPSA) is 246 Å². The van der Waals surface area contributed by atoms with Crippen LogP contribution in [0.1, 0.15) is 51.9 Å². The number of hydrogen-bond acceptors (Lipinski definition) is 8. The summed E-state index contributed by atoms with van der Waals surface area (Å²) in [5, 5.41) is 7.81. The summed E-state index contributed by atoms with van der Waals surface area (Å²) < 4.78 is 0. The van der Waals surface area contributed by atoms with E-state index < -0.39 is 41.6 Å². The molecular formula is C21H40N8O6. The number of primary amides is 2. The average molecular weight is 501 g/mol. The van der Waals surface area contributed by atoms with E-state index in [-0.39, 0.29) is 32.0 Å². The molecule has 0 bridgehead atoms. The molecule has 0 rings (SSSR count). The summed E-state index contributed by atoms with van der Waals surface area (Å²) in [6.07, 6.45) is 3.00. The lowest BCUT2D eigenvalue weighted by Crippen LogP contribution is -2.46. The minimum Gasteiger partial charge on any atom is -0.368 e. The van der Waals surface area contributed by atoms with E-state index in [9.17, 15) is 28.8 Å². The van der Waals surface area contributed by atoms with Gasteiger partial charge in [0.15, 0.2) is 0 Å². The molecule has 200 valence electrons. The van der Waals surface area contributed by atoms with Crippen LogP contribution in [-0.4, -0.2) is 85.2 Å². The van der Waals surface area contributed by atoms with Gasteiger partial charge in [-0.1, -0.05) is 0 Å². The van der Waals surface area contributed by atoms with E-state index in [0.717, 1.165) is 4.90 Å². The Morgan fingerprint density at radius 2 is 1.11 bits per heavy atom. The van der Waals surface area contributed by atoms with Gasteiger partial charge in [-0.15, -0.1) is 0 Å². The van der Waals surface area contributed by atoms with Gasteiger partial charge in [0.2, 0.25) is 35.4 Å². The number of amides is 6. The van der Waals surface area contributed by atoms with Gasteiger partial charge in [0.1, 0.15) is 13.1 Å². The Kier molecular flexibility index (Phi) is 16.4. The molecular weight excluding hydrogens is 460 g/mol. The monoisotopic (exact) mass is 500 g/mol. The van der Waals surface area contributed by atoms with Gasteiger partial charge in [0, 0.05) is 33.0 Å². The summed E-state index contributed by atoms with van der Waals surface area (Å²) in [5.41, 5.74) is 21.3. The minimum atomic E-state index is -0.735. The SMILES string of the molecule is CC(=O)NCCC(=O)N(CC(=O)NCCCCC(N)C(N)=O)CC(=O)NCCCCC(N)C(N)=O. The molecule has 0 aromatic heterocycles. The Labute approximate surface area is 205 Å². The van der Waals surface area contributed by atoms with E-state index in [1.807, 2.05) is 0 Å². The maximum absolute atomic E-state index is 12.5. The molecule has 35 heavy (non-hydrogen) atoms. The summed E-state index contributed by atoms with van der Waals surface area (Å²) in [5.74, 6) is -2.85.